The quantitative estimate of drug-likeness (QED) is 0.785. The molecule has 2 rings (SSSR count). The van der Waals surface area contributed by atoms with Gasteiger partial charge in [-0.2, -0.15) is 5.10 Å². The summed E-state index contributed by atoms with van der Waals surface area (Å²) in [5, 5.41) is 10.3. The van der Waals surface area contributed by atoms with E-state index in [0.717, 1.165) is 19.5 Å². The number of nitrogens with zero attached hydrogens (tertiary/aromatic N) is 3. The fourth-order valence-electron chi connectivity index (χ4n) is 2.24. The Morgan fingerprint density at radius 1 is 1.56 bits per heavy atom. The summed E-state index contributed by atoms with van der Waals surface area (Å²) >= 11 is 0. The van der Waals surface area contributed by atoms with Crippen molar-refractivity contribution in [1.29, 1.82) is 0 Å². The first kappa shape index (κ1) is 13.0. The average molecular weight is 251 g/mol. The van der Waals surface area contributed by atoms with Crippen LogP contribution in [-0.4, -0.2) is 33.8 Å². The molecule has 0 unspecified atom stereocenters. The fourth-order valence-corrected chi connectivity index (χ4v) is 2.24. The van der Waals surface area contributed by atoms with Gasteiger partial charge in [-0.25, -0.2) is 4.98 Å². The minimum absolute atomic E-state index is 0.0981. The summed E-state index contributed by atoms with van der Waals surface area (Å²) in [6.45, 7) is 2.60. The maximum Gasteiger partial charge on any atom is 0.220 e. The highest BCUT2D eigenvalue weighted by Gasteiger charge is 2.14. The Kier molecular flexibility index (Phi) is 4.69. The molecule has 100 valence electrons. The number of hydrogen-bond acceptors (Lipinski definition) is 4. The molecule has 0 aromatic carbocycles. The Bertz CT molecular complexity index is 384. The zero-order valence-electron chi connectivity index (χ0n) is 10.9. The van der Waals surface area contributed by atoms with Crippen molar-refractivity contribution in [2.24, 2.45) is 13.0 Å². The smallest absolute Gasteiger partial charge is 0.220 e. The van der Waals surface area contributed by atoms with Crippen molar-refractivity contribution in [3.63, 3.8) is 0 Å². The van der Waals surface area contributed by atoms with Gasteiger partial charge < -0.3 is 10.6 Å². The van der Waals surface area contributed by atoms with E-state index in [4.69, 9.17) is 0 Å². The lowest BCUT2D eigenvalue weighted by atomic mass is 9.93. The molecule has 6 nitrogen and oxygen atoms in total. The molecule has 0 bridgehead atoms. The Balaban J connectivity index is 1.62. The molecule has 0 atom stereocenters. The van der Waals surface area contributed by atoms with Gasteiger partial charge in [0.1, 0.15) is 6.33 Å². The highest BCUT2D eigenvalue weighted by Crippen LogP contribution is 2.17. The third-order valence-electron chi connectivity index (χ3n) is 3.33. The molecule has 2 heterocycles. The number of nitrogens with one attached hydrogen (secondary N) is 2. The molecule has 6 heteroatoms. The normalized spacial score (nSPS) is 16.7. The van der Waals surface area contributed by atoms with E-state index >= 15 is 0 Å². The number of rotatable bonds is 5. The monoisotopic (exact) mass is 251 g/mol. The Labute approximate surface area is 107 Å². The number of carbonyl (C=O) groups excluding carboxylic acids is 1. The van der Waals surface area contributed by atoms with E-state index in [1.165, 1.54) is 12.8 Å². The van der Waals surface area contributed by atoms with E-state index in [1.807, 2.05) is 7.05 Å². The minimum atomic E-state index is 0.0981. The van der Waals surface area contributed by atoms with Gasteiger partial charge in [0.15, 0.2) is 5.82 Å². The van der Waals surface area contributed by atoms with E-state index < -0.39 is 0 Å². The van der Waals surface area contributed by atoms with Gasteiger partial charge in [-0.15, -0.1) is 0 Å². The maximum atomic E-state index is 11.7. The number of aryl methyl sites for hydroxylation is 1. The summed E-state index contributed by atoms with van der Waals surface area (Å²) in [4.78, 5) is 15.7. The number of aromatic nitrogens is 3. The van der Waals surface area contributed by atoms with Crippen LogP contribution in [0.3, 0.4) is 0 Å². The third kappa shape index (κ3) is 4.10. The van der Waals surface area contributed by atoms with Crippen molar-refractivity contribution in [1.82, 2.24) is 25.4 Å². The van der Waals surface area contributed by atoms with E-state index in [0.29, 0.717) is 24.7 Å². The zero-order chi connectivity index (χ0) is 12.8. The lowest BCUT2D eigenvalue weighted by Gasteiger charge is -2.22. The summed E-state index contributed by atoms with van der Waals surface area (Å²) in [6, 6.07) is 0. The van der Waals surface area contributed by atoms with Crippen molar-refractivity contribution < 1.29 is 4.79 Å². The lowest BCUT2D eigenvalue weighted by Crippen LogP contribution is -2.29. The molecule has 1 aliphatic rings. The molecule has 1 aromatic rings. The van der Waals surface area contributed by atoms with E-state index in [2.05, 4.69) is 20.7 Å². The number of amides is 1. The van der Waals surface area contributed by atoms with Crippen LogP contribution in [0.25, 0.3) is 0 Å². The summed E-state index contributed by atoms with van der Waals surface area (Å²) < 4.78 is 1.64. The van der Waals surface area contributed by atoms with Crippen LogP contribution in [0.5, 0.6) is 0 Å². The van der Waals surface area contributed by atoms with Crippen LogP contribution in [-0.2, 0) is 18.4 Å². The van der Waals surface area contributed by atoms with Crippen LogP contribution >= 0.6 is 0 Å². The van der Waals surface area contributed by atoms with Crippen LogP contribution in [0.1, 0.15) is 31.5 Å². The Morgan fingerprint density at radius 3 is 3.00 bits per heavy atom. The zero-order valence-corrected chi connectivity index (χ0v) is 10.9. The highest BCUT2D eigenvalue weighted by atomic mass is 16.1. The maximum absolute atomic E-state index is 11.7. The van der Waals surface area contributed by atoms with Crippen LogP contribution in [0, 0.1) is 5.92 Å². The second-order valence-electron chi connectivity index (χ2n) is 4.84. The molecule has 0 saturated carbocycles. The van der Waals surface area contributed by atoms with Gasteiger partial charge in [-0.1, -0.05) is 0 Å². The predicted octanol–water partition coefficient (Wildman–Crippen LogP) is 0.211. The van der Waals surface area contributed by atoms with Gasteiger partial charge in [-0.3, -0.25) is 9.48 Å². The first-order valence-electron chi connectivity index (χ1n) is 6.56. The fraction of sp³-hybridized carbons (Fsp3) is 0.750. The molecular formula is C12H21N5O. The van der Waals surface area contributed by atoms with Crippen molar-refractivity contribution in [3.8, 4) is 0 Å². The molecule has 0 aliphatic carbocycles. The van der Waals surface area contributed by atoms with Gasteiger partial charge in [0.25, 0.3) is 0 Å². The first-order valence-corrected chi connectivity index (χ1v) is 6.56. The van der Waals surface area contributed by atoms with Crippen molar-refractivity contribution in [2.45, 2.75) is 32.2 Å². The molecule has 2 N–H and O–H groups in total. The summed E-state index contributed by atoms with van der Waals surface area (Å²) in [6.07, 6.45) is 5.61. The molecule has 1 aromatic heterocycles. The number of piperidine rings is 1. The summed E-state index contributed by atoms with van der Waals surface area (Å²) in [7, 11) is 1.81. The molecule has 1 aliphatic heterocycles. The SMILES string of the molecule is Cn1cnc(CNC(=O)CCC2CCNCC2)n1. The number of hydrogen-bond donors (Lipinski definition) is 2. The van der Waals surface area contributed by atoms with Crippen molar-refractivity contribution in [2.75, 3.05) is 13.1 Å². The molecule has 0 spiro atoms. The largest absolute Gasteiger partial charge is 0.349 e. The molecule has 1 saturated heterocycles. The first-order chi connectivity index (χ1) is 8.74. The van der Waals surface area contributed by atoms with Crippen LogP contribution in [0.15, 0.2) is 6.33 Å². The van der Waals surface area contributed by atoms with Gasteiger partial charge >= 0.3 is 0 Å². The predicted molar refractivity (Wildman–Crippen MR) is 67.7 cm³/mol. The lowest BCUT2D eigenvalue weighted by molar-refractivity contribution is -0.121. The minimum Gasteiger partial charge on any atom is -0.349 e. The molecular weight excluding hydrogens is 230 g/mol. The van der Waals surface area contributed by atoms with E-state index in [9.17, 15) is 4.79 Å². The second-order valence-corrected chi connectivity index (χ2v) is 4.84. The van der Waals surface area contributed by atoms with Gasteiger partial charge in [0.05, 0.1) is 6.54 Å². The second kappa shape index (κ2) is 6.49. The van der Waals surface area contributed by atoms with Crippen LogP contribution in [0.2, 0.25) is 0 Å². The standard InChI is InChI=1S/C12H21N5O/c1-17-9-15-11(16-17)8-14-12(18)3-2-10-4-6-13-7-5-10/h9-10,13H,2-8H2,1H3,(H,14,18). The third-order valence-corrected chi connectivity index (χ3v) is 3.33. The van der Waals surface area contributed by atoms with Crippen molar-refractivity contribution >= 4 is 5.91 Å². The van der Waals surface area contributed by atoms with Gasteiger partial charge in [-0.05, 0) is 38.3 Å². The average Bonchev–Trinajstić information content (AvgIpc) is 2.81. The number of carbonyl (C=O) groups is 1. The van der Waals surface area contributed by atoms with E-state index in [-0.39, 0.29) is 5.91 Å². The summed E-state index contributed by atoms with van der Waals surface area (Å²) in [5.74, 6) is 1.46. The van der Waals surface area contributed by atoms with Gasteiger partial charge in [0.2, 0.25) is 5.91 Å². The van der Waals surface area contributed by atoms with Crippen LogP contribution in [0.4, 0.5) is 0 Å². The Morgan fingerprint density at radius 2 is 2.33 bits per heavy atom. The topological polar surface area (TPSA) is 71.8 Å². The molecule has 0 radical (unpaired) electrons. The van der Waals surface area contributed by atoms with Crippen LogP contribution < -0.4 is 10.6 Å². The Hall–Kier alpha value is -1.43. The molecule has 1 amide bonds. The molecule has 18 heavy (non-hydrogen) atoms. The summed E-state index contributed by atoms with van der Waals surface area (Å²) in [5.41, 5.74) is 0. The van der Waals surface area contributed by atoms with Crippen molar-refractivity contribution in [3.05, 3.63) is 12.2 Å². The highest BCUT2D eigenvalue weighted by molar-refractivity contribution is 5.75. The molecule has 1 fully saturated rings. The van der Waals surface area contributed by atoms with Gasteiger partial charge in [0, 0.05) is 13.5 Å². The van der Waals surface area contributed by atoms with E-state index in [1.54, 1.807) is 11.0 Å².